The molecule has 11 heteroatoms. The standard InChI is InChI=1S/C22H19N3O5S3/c1-30-18-9-7-15(8-10-18)20-16(14-25(23-20)17-5-3-2-4-6-17)13-19-21(26)24(22(31)32-19)11-12-33(27,28)29/h2-10,13-14H,11-12H2,1H3,(H,27,28,29). The molecule has 1 N–H and O–H groups in total. The molecule has 0 spiro atoms. The number of amides is 1. The number of methoxy groups -OCH3 is 1. The first-order chi connectivity index (χ1) is 15.7. The molecule has 1 saturated heterocycles. The van der Waals surface area contributed by atoms with E-state index < -0.39 is 21.8 Å². The van der Waals surface area contributed by atoms with E-state index in [4.69, 9.17) is 26.6 Å². The third-order valence-electron chi connectivity index (χ3n) is 4.86. The molecule has 2 heterocycles. The van der Waals surface area contributed by atoms with E-state index >= 15 is 0 Å². The Morgan fingerprint density at radius 3 is 2.48 bits per heavy atom. The molecule has 3 aromatic rings. The zero-order valence-electron chi connectivity index (χ0n) is 17.4. The van der Waals surface area contributed by atoms with Crippen molar-refractivity contribution in [1.29, 1.82) is 0 Å². The monoisotopic (exact) mass is 501 g/mol. The summed E-state index contributed by atoms with van der Waals surface area (Å²) in [4.78, 5) is 14.4. The lowest BCUT2D eigenvalue weighted by atomic mass is 10.1. The van der Waals surface area contributed by atoms with Crippen molar-refractivity contribution < 1.29 is 22.5 Å². The lowest BCUT2D eigenvalue weighted by Crippen LogP contribution is -2.32. The number of thiocarbonyl (C=S) groups is 1. The van der Waals surface area contributed by atoms with Crippen LogP contribution in [0.3, 0.4) is 0 Å². The van der Waals surface area contributed by atoms with Gasteiger partial charge in [0.15, 0.2) is 0 Å². The lowest BCUT2D eigenvalue weighted by Gasteiger charge is -2.12. The Morgan fingerprint density at radius 2 is 1.85 bits per heavy atom. The minimum absolute atomic E-state index is 0.213. The molecule has 1 amide bonds. The number of aromatic nitrogens is 2. The summed E-state index contributed by atoms with van der Waals surface area (Å²) in [5.41, 5.74) is 3.04. The van der Waals surface area contributed by atoms with Crippen LogP contribution < -0.4 is 4.74 Å². The minimum atomic E-state index is -4.22. The van der Waals surface area contributed by atoms with Gasteiger partial charge in [-0.1, -0.05) is 42.2 Å². The van der Waals surface area contributed by atoms with Gasteiger partial charge in [-0.3, -0.25) is 14.2 Å². The Hall–Kier alpha value is -2.99. The summed E-state index contributed by atoms with van der Waals surface area (Å²) in [6, 6.07) is 17.0. The number of ether oxygens (including phenoxy) is 1. The van der Waals surface area contributed by atoms with Crippen LogP contribution in [0.25, 0.3) is 23.0 Å². The highest BCUT2D eigenvalue weighted by Crippen LogP contribution is 2.35. The molecule has 4 rings (SSSR count). The van der Waals surface area contributed by atoms with Gasteiger partial charge in [-0.05, 0) is 42.5 Å². The lowest BCUT2D eigenvalue weighted by molar-refractivity contribution is -0.121. The zero-order chi connectivity index (χ0) is 23.6. The SMILES string of the molecule is COc1ccc(-c2nn(-c3ccccc3)cc2C=C2SC(=S)N(CCS(=O)(=O)O)C2=O)cc1. The van der Waals surface area contributed by atoms with Gasteiger partial charge in [0.1, 0.15) is 10.1 Å². The summed E-state index contributed by atoms with van der Waals surface area (Å²) in [5, 5.41) is 4.73. The molecule has 0 bridgehead atoms. The van der Waals surface area contributed by atoms with Gasteiger partial charge in [-0.2, -0.15) is 13.5 Å². The first kappa shape index (κ1) is 23.2. The second kappa shape index (κ2) is 9.48. The summed E-state index contributed by atoms with van der Waals surface area (Å²) in [6.07, 6.45) is 3.51. The normalized spacial score (nSPS) is 15.5. The number of benzene rings is 2. The molecule has 0 unspecified atom stereocenters. The Bertz CT molecular complexity index is 1330. The van der Waals surface area contributed by atoms with E-state index in [1.807, 2.05) is 60.8 Å². The van der Waals surface area contributed by atoms with Crippen LogP contribution in [0.15, 0.2) is 65.7 Å². The van der Waals surface area contributed by atoms with Crippen LogP contribution in [0.1, 0.15) is 5.56 Å². The van der Waals surface area contributed by atoms with E-state index in [0.29, 0.717) is 21.9 Å². The predicted octanol–water partition coefficient (Wildman–Crippen LogP) is 3.64. The van der Waals surface area contributed by atoms with E-state index in [-0.39, 0.29) is 10.9 Å². The van der Waals surface area contributed by atoms with Gasteiger partial charge in [0.25, 0.3) is 16.0 Å². The molecule has 0 atom stereocenters. The largest absolute Gasteiger partial charge is 0.497 e. The minimum Gasteiger partial charge on any atom is -0.497 e. The summed E-state index contributed by atoms with van der Waals surface area (Å²) in [5.74, 6) is -0.292. The molecule has 0 aliphatic carbocycles. The molecular weight excluding hydrogens is 482 g/mol. The summed E-state index contributed by atoms with van der Waals surface area (Å²) in [7, 11) is -2.62. The Labute approximate surface area is 200 Å². The van der Waals surface area contributed by atoms with Crippen molar-refractivity contribution in [2.45, 2.75) is 0 Å². The summed E-state index contributed by atoms with van der Waals surface area (Å²) >= 11 is 6.33. The summed E-state index contributed by atoms with van der Waals surface area (Å²) < 4.78 is 38.4. The molecule has 0 saturated carbocycles. The van der Waals surface area contributed by atoms with Crippen LogP contribution in [0.2, 0.25) is 0 Å². The molecule has 0 radical (unpaired) electrons. The van der Waals surface area contributed by atoms with Crippen LogP contribution >= 0.6 is 24.0 Å². The smallest absolute Gasteiger partial charge is 0.266 e. The molecule has 33 heavy (non-hydrogen) atoms. The number of para-hydroxylation sites is 1. The van der Waals surface area contributed by atoms with E-state index in [2.05, 4.69) is 0 Å². The Balaban J connectivity index is 1.73. The quantitative estimate of drug-likeness (QED) is 0.298. The van der Waals surface area contributed by atoms with E-state index in [1.165, 1.54) is 4.90 Å². The van der Waals surface area contributed by atoms with Crippen LogP contribution in [0.5, 0.6) is 5.75 Å². The van der Waals surface area contributed by atoms with Gasteiger partial charge >= 0.3 is 0 Å². The van der Waals surface area contributed by atoms with Gasteiger partial charge in [0, 0.05) is 23.9 Å². The first-order valence-corrected chi connectivity index (χ1v) is 12.6. The number of carbonyl (C=O) groups is 1. The van der Waals surface area contributed by atoms with Crippen molar-refractivity contribution in [2.75, 3.05) is 19.4 Å². The maximum atomic E-state index is 12.9. The van der Waals surface area contributed by atoms with Crippen LogP contribution in [0.4, 0.5) is 0 Å². The average Bonchev–Trinajstić information content (AvgIpc) is 3.33. The molecule has 8 nitrogen and oxygen atoms in total. The molecule has 170 valence electrons. The van der Waals surface area contributed by atoms with Gasteiger partial charge in [0.2, 0.25) is 0 Å². The number of hydrogen-bond donors (Lipinski definition) is 1. The van der Waals surface area contributed by atoms with E-state index in [1.54, 1.807) is 17.9 Å². The van der Waals surface area contributed by atoms with Gasteiger partial charge in [-0.15, -0.1) is 0 Å². The fourth-order valence-corrected chi connectivity index (χ4v) is 4.93. The molecule has 1 aromatic heterocycles. The zero-order valence-corrected chi connectivity index (χ0v) is 19.9. The molecular formula is C22H19N3O5S3. The van der Waals surface area contributed by atoms with Crippen molar-refractivity contribution in [3.8, 4) is 22.7 Å². The highest BCUT2D eigenvalue weighted by molar-refractivity contribution is 8.26. The summed E-state index contributed by atoms with van der Waals surface area (Å²) in [6.45, 7) is -0.213. The second-order valence-corrected chi connectivity index (χ2v) is 10.3. The molecule has 1 fully saturated rings. The van der Waals surface area contributed by atoms with Gasteiger partial charge < -0.3 is 4.74 Å². The Kier molecular flexibility index (Phi) is 6.66. The number of carbonyl (C=O) groups excluding carboxylic acids is 1. The van der Waals surface area contributed by atoms with Gasteiger partial charge in [-0.25, -0.2) is 4.68 Å². The highest BCUT2D eigenvalue weighted by atomic mass is 32.2. The predicted molar refractivity (Wildman–Crippen MR) is 132 cm³/mol. The van der Waals surface area contributed by atoms with Crippen molar-refractivity contribution in [2.24, 2.45) is 0 Å². The second-order valence-electron chi connectivity index (χ2n) is 7.06. The molecule has 1 aliphatic rings. The maximum absolute atomic E-state index is 12.9. The van der Waals surface area contributed by atoms with Crippen molar-refractivity contribution in [1.82, 2.24) is 14.7 Å². The highest BCUT2D eigenvalue weighted by Gasteiger charge is 2.33. The van der Waals surface area contributed by atoms with Crippen LogP contribution in [0, 0.1) is 0 Å². The number of rotatable bonds is 7. The number of nitrogens with zero attached hydrogens (tertiary/aromatic N) is 3. The van der Waals surface area contributed by atoms with Crippen molar-refractivity contribution in [3.63, 3.8) is 0 Å². The third kappa shape index (κ3) is 5.33. The van der Waals surface area contributed by atoms with Crippen LogP contribution in [-0.2, 0) is 14.9 Å². The average molecular weight is 502 g/mol. The van der Waals surface area contributed by atoms with Crippen molar-refractivity contribution >= 4 is 50.4 Å². The number of hydrogen-bond acceptors (Lipinski definition) is 7. The van der Waals surface area contributed by atoms with E-state index in [0.717, 1.165) is 23.0 Å². The van der Waals surface area contributed by atoms with Crippen molar-refractivity contribution in [3.05, 3.63) is 71.3 Å². The molecule has 1 aliphatic heterocycles. The molecule has 2 aromatic carbocycles. The fraction of sp³-hybridized carbons (Fsp3) is 0.136. The van der Waals surface area contributed by atoms with Gasteiger partial charge in [0.05, 0.1) is 29.1 Å². The Morgan fingerprint density at radius 1 is 1.15 bits per heavy atom. The maximum Gasteiger partial charge on any atom is 0.266 e. The van der Waals surface area contributed by atoms with E-state index in [9.17, 15) is 13.2 Å². The first-order valence-electron chi connectivity index (χ1n) is 9.75. The third-order valence-corrected chi connectivity index (χ3v) is 6.94. The topological polar surface area (TPSA) is 102 Å². The number of thioether (sulfide) groups is 1. The fourth-order valence-electron chi connectivity index (χ4n) is 3.22. The van der Waals surface area contributed by atoms with Crippen LogP contribution in [-0.4, -0.2) is 57.3 Å².